The zero-order chi connectivity index (χ0) is 13.9. The van der Waals surface area contributed by atoms with E-state index in [2.05, 4.69) is 4.98 Å². The summed E-state index contributed by atoms with van der Waals surface area (Å²) in [6.45, 7) is 0.253. The lowest BCUT2D eigenvalue weighted by atomic mass is 10.2. The van der Waals surface area contributed by atoms with Crippen molar-refractivity contribution in [3.05, 3.63) is 64.3 Å². The Labute approximate surface area is 124 Å². The Morgan fingerprint density at radius 1 is 1.30 bits per heavy atom. The van der Waals surface area contributed by atoms with Crippen LogP contribution < -0.4 is 0 Å². The van der Waals surface area contributed by atoms with Crippen LogP contribution in [0.5, 0.6) is 0 Å². The van der Waals surface area contributed by atoms with Crippen molar-refractivity contribution in [1.82, 2.24) is 4.98 Å². The fourth-order valence-corrected chi connectivity index (χ4v) is 3.02. The topological polar surface area (TPSA) is 39.2 Å². The zero-order valence-electron chi connectivity index (χ0n) is 10.4. The van der Waals surface area contributed by atoms with Crippen molar-refractivity contribution in [2.75, 3.05) is 0 Å². The van der Waals surface area contributed by atoms with Gasteiger partial charge in [-0.2, -0.15) is 0 Å². The van der Waals surface area contributed by atoms with Gasteiger partial charge in [0.2, 0.25) is 0 Å². The van der Waals surface area contributed by atoms with Gasteiger partial charge < -0.3 is 4.74 Å². The van der Waals surface area contributed by atoms with E-state index in [0.29, 0.717) is 5.56 Å². The van der Waals surface area contributed by atoms with Gasteiger partial charge in [-0.15, -0.1) is 11.3 Å². The number of nitrogens with zero attached hydrogens (tertiary/aromatic N) is 1. The summed E-state index contributed by atoms with van der Waals surface area (Å²) in [5.41, 5.74) is 1.42. The SMILES string of the molecule is O=C(OCc1csc2ccccc12)c1ccnc(Cl)c1. The molecule has 1 aromatic carbocycles. The quantitative estimate of drug-likeness (QED) is 0.535. The predicted molar refractivity (Wildman–Crippen MR) is 80.2 cm³/mol. The van der Waals surface area contributed by atoms with Crippen molar-refractivity contribution in [3.63, 3.8) is 0 Å². The van der Waals surface area contributed by atoms with Crippen LogP contribution >= 0.6 is 22.9 Å². The van der Waals surface area contributed by atoms with Gasteiger partial charge in [0, 0.05) is 16.5 Å². The van der Waals surface area contributed by atoms with Gasteiger partial charge in [0.25, 0.3) is 0 Å². The number of rotatable bonds is 3. The number of thiophene rings is 1. The summed E-state index contributed by atoms with van der Waals surface area (Å²) < 4.78 is 6.50. The van der Waals surface area contributed by atoms with E-state index in [0.717, 1.165) is 10.9 Å². The normalized spacial score (nSPS) is 10.7. The first kappa shape index (κ1) is 13.1. The minimum absolute atomic E-state index is 0.253. The van der Waals surface area contributed by atoms with Crippen LogP contribution in [0.2, 0.25) is 5.15 Å². The Kier molecular flexibility index (Phi) is 3.67. The van der Waals surface area contributed by atoms with Crippen LogP contribution in [-0.4, -0.2) is 11.0 Å². The van der Waals surface area contributed by atoms with Crippen molar-refractivity contribution < 1.29 is 9.53 Å². The summed E-state index contributed by atoms with van der Waals surface area (Å²) in [5, 5.41) is 3.41. The van der Waals surface area contributed by atoms with Crippen LogP contribution in [0.1, 0.15) is 15.9 Å². The Morgan fingerprint density at radius 2 is 2.15 bits per heavy atom. The predicted octanol–water partition coefficient (Wildman–Crippen LogP) is 4.31. The molecule has 3 nitrogen and oxygen atoms in total. The molecule has 0 spiro atoms. The molecule has 3 aromatic rings. The first-order chi connectivity index (χ1) is 9.74. The minimum Gasteiger partial charge on any atom is -0.457 e. The van der Waals surface area contributed by atoms with Gasteiger partial charge in [-0.3, -0.25) is 0 Å². The van der Waals surface area contributed by atoms with Crippen LogP contribution in [-0.2, 0) is 11.3 Å². The van der Waals surface area contributed by atoms with E-state index in [1.54, 1.807) is 17.4 Å². The number of hydrogen-bond donors (Lipinski definition) is 0. The third-order valence-corrected chi connectivity index (χ3v) is 4.10. The first-order valence-corrected chi connectivity index (χ1v) is 7.23. The van der Waals surface area contributed by atoms with Gasteiger partial charge in [-0.1, -0.05) is 29.8 Å². The Hall–Kier alpha value is -1.91. The number of hydrogen-bond acceptors (Lipinski definition) is 4. The monoisotopic (exact) mass is 303 g/mol. The van der Waals surface area contributed by atoms with Crippen LogP contribution in [0.3, 0.4) is 0 Å². The highest BCUT2D eigenvalue weighted by molar-refractivity contribution is 7.17. The molecule has 0 saturated heterocycles. The molecular weight excluding hydrogens is 294 g/mol. The molecule has 2 heterocycles. The number of aromatic nitrogens is 1. The van der Waals surface area contributed by atoms with Gasteiger partial charge in [0.1, 0.15) is 11.8 Å². The third kappa shape index (κ3) is 2.66. The molecule has 2 aromatic heterocycles. The number of benzene rings is 1. The molecule has 3 rings (SSSR count). The maximum Gasteiger partial charge on any atom is 0.338 e. The van der Waals surface area contributed by atoms with E-state index >= 15 is 0 Å². The molecule has 0 aliphatic carbocycles. The van der Waals surface area contributed by atoms with Crippen LogP contribution in [0.25, 0.3) is 10.1 Å². The summed E-state index contributed by atoms with van der Waals surface area (Å²) >= 11 is 7.39. The van der Waals surface area contributed by atoms with Crippen LogP contribution in [0.4, 0.5) is 0 Å². The molecule has 0 atom stereocenters. The number of ether oxygens (including phenoxy) is 1. The largest absolute Gasteiger partial charge is 0.457 e. The molecular formula is C15H10ClNO2S. The average Bonchev–Trinajstić information content (AvgIpc) is 2.88. The smallest absolute Gasteiger partial charge is 0.338 e. The lowest BCUT2D eigenvalue weighted by Crippen LogP contribution is -2.05. The summed E-state index contributed by atoms with van der Waals surface area (Å²) in [5.74, 6) is -0.399. The number of fused-ring (bicyclic) bond motifs is 1. The molecule has 20 heavy (non-hydrogen) atoms. The summed E-state index contributed by atoms with van der Waals surface area (Å²) in [4.78, 5) is 15.8. The summed E-state index contributed by atoms with van der Waals surface area (Å²) in [6.07, 6.45) is 1.49. The molecule has 0 amide bonds. The second-order valence-corrected chi connectivity index (χ2v) is 5.50. The van der Waals surface area contributed by atoms with E-state index < -0.39 is 5.97 Å². The van der Waals surface area contributed by atoms with E-state index in [-0.39, 0.29) is 11.8 Å². The molecule has 0 aliphatic heterocycles. The van der Waals surface area contributed by atoms with Gasteiger partial charge in [-0.05, 0) is 29.0 Å². The number of pyridine rings is 1. The standard InChI is InChI=1S/C15H10ClNO2S/c16-14-7-10(5-6-17-14)15(18)19-8-11-9-20-13-4-2-1-3-12(11)13/h1-7,9H,8H2. The Morgan fingerprint density at radius 3 is 3.00 bits per heavy atom. The highest BCUT2D eigenvalue weighted by Crippen LogP contribution is 2.26. The van der Waals surface area contributed by atoms with Crippen LogP contribution in [0, 0.1) is 0 Å². The fraction of sp³-hybridized carbons (Fsp3) is 0.0667. The second kappa shape index (κ2) is 5.61. The van der Waals surface area contributed by atoms with E-state index in [1.807, 2.05) is 29.6 Å². The summed E-state index contributed by atoms with van der Waals surface area (Å²) in [7, 11) is 0. The molecule has 0 bridgehead atoms. The highest BCUT2D eigenvalue weighted by Gasteiger charge is 2.10. The molecule has 0 saturated carbocycles. The Balaban J connectivity index is 1.75. The van der Waals surface area contributed by atoms with Crippen molar-refractivity contribution in [2.24, 2.45) is 0 Å². The molecule has 0 aliphatic rings. The number of carbonyl (C=O) groups excluding carboxylic acids is 1. The summed E-state index contributed by atoms with van der Waals surface area (Å²) in [6, 6.07) is 11.1. The lowest BCUT2D eigenvalue weighted by molar-refractivity contribution is 0.0474. The van der Waals surface area contributed by atoms with Gasteiger partial charge in [-0.25, -0.2) is 9.78 Å². The molecule has 5 heteroatoms. The van der Waals surface area contributed by atoms with Crippen molar-refractivity contribution in [3.8, 4) is 0 Å². The van der Waals surface area contributed by atoms with Crippen LogP contribution in [0.15, 0.2) is 48.0 Å². The second-order valence-electron chi connectivity index (χ2n) is 4.20. The average molecular weight is 304 g/mol. The zero-order valence-corrected chi connectivity index (χ0v) is 11.9. The Bertz CT molecular complexity index is 769. The van der Waals surface area contributed by atoms with Crippen molar-refractivity contribution in [1.29, 1.82) is 0 Å². The third-order valence-electron chi connectivity index (χ3n) is 2.88. The maximum atomic E-state index is 11.9. The van der Waals surface area contributed by atoms with Crippen molar-refractivity contribution in [2.45, 2.75) is 6.61 Å². The lowest BCUT2D eigenvalue weighted by Gasteiger charge is -2.04. The number of carbonyl (C=O) groups is 1. The van der Waals surface area contributed by atoms with Gasteiger partial charge in [0.05, 0.1) is 5.56 Å². The molecule has 100 valence electrons. The van der Waals surface area contributed by atoms with E-state index in [4.69, 9.17) is 16.3 Å². The maximum absolute atomic E-state index is 11.9. The van der Waals surface area contributed by atoms with E-state index in [9.17, 15) is 4.79 Å². The fourth-order valence-electron chi connectivity index (χ4n) is 1.90. The minimum atomic E-state index is -0.399. The molecule has 0 unspecified atom stereocenters. The number of halogens is 1. The molecule has 0 fully saturated rings. The highest BCUT2D eigenvalue weighted by atomic mass is 35.5. The van der Waals surface area contributed by atoms with Gasteiger partial charge in [0.15, 0.2) is 0 Å². The molecule has 0 N–H and O–H groups in total. The first-order valence-electron chi connectivity index (χ1n) is 5.98. The van der Waals surface area contributed by atoms with Gasteiger partial charge >= 0.3 is 5.97 Å². The van der Waals surface area contributed by atoms with Crippen molar-refractivity contribution >= 4 is 39.0 Å². The molecule has 0 radical (unpaired) electrons. The number of esters is 1. The van der Waals surface area contributed by atoms with E-state index in [1.165, 1.54) is 17.0 Å².